The Kier molecular flexibility index (Phi) is 2.73. The van der Waals surface area contributed by atoms with Crippen molar-refractivity contribution in [2.24, 2.45) is 5.92 Å². The van der Waals surface area contributed by atoms with Crippen molar-refractivity contribution >= 4 is 11.8 Å². The number of amides is 2. The predicted molar refractivity (Wildman–Crippen MR) is 56.1 cm³/mol. The smallest absolute Gasteiger partial charge is 0.230 e. The van der Waals surface area contributed by atoms with Gasteiger partial charge in [-0.15, -0.1) is 0 Å². The van der Waals surface area contributed by atoms with Crippen LogP contribution in [0.25, 0.3) is 0 Å². The molecule has 0 aromatic heterocycles. The number of carbonyl (C=O) groups is 2. The minimum Gasteiger partial charge on any atom is -0.296 e. The molecule has 1 aliphatic rings. The molecule has 1 aliphatic heterocycles. The van der Waals surface area contributed by atoms with Crippen molar-refractivity contribution in [3.05, 3.63) is 35.1 Å². The zero-order valence-electron chi connectivity index (χ0n) is 8.92. The SMILES string of the molecule is Cc1cc(CC2CC(=O)NC2=O)ccc1F. The summed E-state index contributed by atoms with van der Waals surface area (Å²) >= 11 is 0. The number of carbonyl (C=O) groups excluding carboxylic acids is 2. The Balaban J connectivity index is 2.12. The topological polar surface area (TPSA) is 46.2 Å². The molecule has 0 radical (unpaired) electrons. The van der Waals surface area contributed by atoms with Gasteiger partial charge in [-0.25, -0.2) is 4.39 Å². The Morgan fingerprint density at radius 1 is 1.44 bits per heavy atom. The molecule has 3 nitrogen and oxygen atoms in total. The first kappa shape index (κ1) is 10.8. The van der Waals surface area contributed by atoms with Crippen LogP contribution in [0.15, 0.2) is 18.2 Å². The van der Waals surface area contributed by atoms with E-state index < -0.39 is 0 Å². The molecule has 0 aliphatic carbocycles. The molecule has 1 N–H and O–H groups in total. The van der Waals surface area contributed by atoms with E-state index in [-0.39, 0.29) is 30.0 Å². The van der Waals surface area contributed by atoms with Crippen molar-refractivity contribution in [1.29, 1.82) is 0 Å². The fourth-order valence-electron chi connectivity index (χ4n) is 1.89. The number of halogens is 1. The molecule has 4 heteroatoms. The van der Waals surface area contributed by atoms with Gasteiger partial charge in [0, 0.05) is 6.42 Å². The Bertz CT molecular complexity index is 456. The molecule has 2 rings (SSSR count). The van der Waals surface area contributed by atoms with Gasteiger partial charge < -0.3 is 0 Å². The van der Waals surface area contributed by atoms with Gasteiger partial charge in [0.25, 0.3) is 0 Å². The Labute approximate surface area is 92.7 Å². The number of nitrogens with one attached hydrogen (secondary N) is 1. The second-order valence-electron chi connectivity index (χ2n) is 4.10. The Hall–Kier alpha value is -1.71. The summed E-state index contributed by atoms with van der Waals surface area (Å²) in [6, 6.07) is 4.75. The van der Waals surface area contributed by atoms with Crippen LogP contribution in [0, 0.1) is 18.7 Å². The highest BCUT2D eigenvalue weighted by atomic mass is 19.1. The maximum absolute atomic E-state index is 13.0. The molecule has 1 heterocycles. The molecule has 1 aromatic carbocycles. The van der Waals surface area contributed by atoms with E-state index in [1.54, 1.807) is 19.1 Å². The van der Waals surface area contributed by atoms with Crippen LogP contribution in [-0.4, -0.2) is 11.8 Å². The lowest BCUT2D eigenvalue weighted by atomic mass is 9.97. The van der Waals surface area contributed by atoms with E-state index >= 15 is 0 Å². The summed E-state index contributed by atoms with van der Waals surface area (Å²) in [7, 11) is 0. The van der Waals surface area contributed by atoms with Crippen molar-refractivity contribution in [3.63, 3.8) is 0 Å². The molecule has 1 fully saturated rings. The first-order valence-corrected chi connectivity index (χ1v) is 5.15. The third-order valence-corrected chi connectivity index (χ3v) is 2.77. The van der Waals surface area contributed by atoms with Gasteiger partial charge in [0.15, 0.2) is 0 Å². The van der Waals surface area contributed by atoms with Gasteiger partial charge in [-0.2, -0.15) is 0 Å². The van der Waals surface area contributed by atoms with E-state index in [2.05, 4.69) is 5.32 Å². The molecule has 1 saturated heterocycles. The molecule has 0 bridgehead atoms. The van der Waals surface area contributed by atoms with Crippen molar-refractivity contribution in [1.82, 2.24) is 5.32 Å². The summed E-state index contributed by atoms with van der Waals surface area (Å²) in [6.07, 6.45) is 0.716. The fourth-order valence-corrected chi connectivity index (χ4v) is 1.89. The van der Waals surface area contributed by atoms with E-state index in [0.29, 0.717) is 12.0 Å². The average Bonchev–Trinajstić information content (AvgIpc) is 2.51. The first-order chi connectivity index (χ1) is 7.56. The monoisotopic (exact) mass is 221 g/mol. The summed E-state index contributed by atoms with van der Waals surface area (Å²) in [5, 5.41) is 2.26. The maximum Gasteiger partial charge on any atom is 0.230 e. The summed E-state index contributed by atoms with van der Waals surface area (Å²) < 4.78 is 13.0. The largest absolute Gasteiger partial charge is 0.296 e. The van der Waals surface area contributed by atoms with Crippen LogP contribution in [-0.2, 0) is 16.0 Å². The lowest BCUT2D eigenvalue weighted by Gasteiger charge is -2.07. The van der Waals surface area contributed by atoms with Crippen molar-refractivity contribution < 1.29 is 14.0 Å². The normalized spacial score (nSPS) is 20.0. The van der Waals surface area contributed by atoms with E-state index in [9.17, 15) is 14.0 Å². The highest BCUT2D eigenvalue weighted by Gasteiger charge is 2.30. The number of hydrogen-bond donors (Lipinski definition) is 1. The number of aryl methyl sites for hydroxylation is 1. The van der Waals surface area contributed by atoms with Gasteiger partial charge >= 0.3 is 0 Å². The van der Waals surface area contributed by atoms with Crippen LogP contribution in [0.2, 0.25) is 0 Å². The van der Waals surface area contributed by atoms with E-state index in [4.69, 9.17) is 0 Å². The molecule has 1 aromatic rings. The number of rotatable bonds is 2. The van der Waals surface area contributed by atoms with Crippen molar-refractivity contribution in [2.75, 3.05) is 0 Å². The lowest BCUT2D eigenvalue weighted by Crippen LogP contribution is -2.22. The molecule has 2 amide bonds. The minimum absolute atomic E-state index is 0.228. The molecule has 1 unspecified atom stereocenters. The zero-order chi connectivity index (χ0) is 11.7. The van der Waals surface area contributed by atoms with Crippen LogP contribution in [0.4, 0.5) is 4.39 Å². The van der Waals surface area contributed by atoms with Crippen molar-refractivity contribution in [3.8, 4) is 0 Å². The molecule has 0 saturated carbocycles. The summed E-state index contributed by atoms with van der Waals surface area (Å²) in [5.74, 6) is -1.02. The summed E-state index contributed by atoms with van der Waals surface area (Å²) in [6.45, 7) is 1.68. The quantitative estimate of drug-likeness (QED) is 0.766. The van der Waals surface area contributed by atoms with E-state index in [1.807, 2.05) is 0 Å². The highest BCUT2D eigenvalue weighted by Crippen LogP contribution is 2.18. The predicted octanol–water partition coefficient (Wildman–Crippen LogP) is 1.34. The van der Waals surface area contributed by atoms with Crippen LogP contribution >= 0.6 is 0 Å². The Morgan fingerprint density at radius 3 is 2.75 bits per heavy atom. The lowest BCUT2D eigenvalue weighted by molar-refractivity contribution is -0.125. The van der Waals surface area contributed by atoms with Crippen LogP contribution < -0.4 is 5.32 Å². The number of hydrogen-bond acceptors (Lipinski definition) is 2. The summed E-state index contributed by atoms with van der Waals surface area (Å²) in [5.41, 5.74) is 1.44. The molecular weight excluding hydrogens is 209 g/mol. The van der Waals surface area contributed by atoms with Gasteiger partial charge in [-0.3, -0.25) is 14.9 Å². The first-order valence-electron chi connectivity index (χ1n) is 5.15. The van der Waals surface area contributed by atoms with Crippen LogP contribution in [0.1, 0.15) is 17.5 Å². The third-order valence-electron chi connectivity index (χ3n) is 2.77. The fraction of sp³-hybridized carbons (Fsp3) is 0.333. The molecule has 16 heavy (non-hydrogen) atoms. The highest BCUT2D eigenvalue weighted by molar-refractivity contribution is 6.03. The van der Waals surface area contributed by atoms with Gasteiger partial charge in [0.05, 0.1) is 5.92 Å². The molecule has 1 atom stereocenters. The van der Waals surface area contributed by atoms with E-state index in [0.717, 1.165) is 5.56 Å². The van der Waals surface area contributed by atoms with Gasteiger partial charge in [0.2, 0.25) is 11.8 Å². The van der Waals surface area contributed by atoms with Gasteiger partial charge in [0.1, 0.15) is 5.82 Å². The van der Waals surface area contributed by atoms with Gasteiger partial charge in [-0.1, -0.05) is 12.1 Å². The minimum atomic E-state index is -0.308. The third kappa shape index (κ3) is 2.10. The zero-order valence-corrected chi connectivity index (χ0v) is 8.92. The number of benzene rings is 1. The number of imide groups is 1. The standard InChI is InChI=1S/C12H12FNO2/c1-7-4-8(2-3-10(7)13)5-9-6-11(15)14-12(9)16/h2-4,9H,5-6H2,1H3,(H,14,15,16). The van der Waals surface area contributed by atoms with Crippen LogP contribution in [0.5, 0.6) is 0 Å². The van der Waals surface area contributed by atoms with Crippen LogP contribution in [0.3, 0.4) is 0 Å². The maximum atomic E-state index is 13.0. The second kappa shape index (κ2) is 4.04. The second-order valence-corrected chi connectivity index (χ2v) is 4.10. The molecule has 84 valence electrons. The molecular formula is C12H12FNO2. The van der Waals surface area contributed by atoms with E-state index in [1.165, 1.54) is 6.07 Å². The molecule has 0 spiro atoms. The van der Waals surface area contributed by atoms with Gasteiger partial charge in [-0.05, 0) is 30.5 Å². The Morgan fingerprint density at radius 2 is 2.19 bits per heavy atom. The van der Waals surface area contributed by atoms with Crippen molar-refractivity contribution in [2.45, 2.75) is 19.8 Å². The summed E-state index contributed by atoms with van der Waals surface area (Å²) in [4.78, 5) is 22.3. The average molecular weight is 221 g/mol.